The van der Waals surface area contributed by atoms with Crippen molar-refractivity contribution in [3.63, 3.8) is 0 Å². The summed E-state index contributed by atoms with van der Waals surface area (Å²) in [7, 11) is 0. The molecule has 0 bridgehead atoms. The van der Waals surface area contributed by atoms with E-state index in [1.165, 1.54) is 0 Å². The summed E-state index contributed by atoms with van der Waals surface area (Å²) >= 11 is 0. The SMILES string of the molecule is CC1(C)C(=O)C=C[C@@]2(C)C1C[C@@H](O)[C@]1(C)C2CC[C@@]2(C)[C@H](c3ccoc3)OC(=O)[C@H]3O[C@]321. The number of ketones is 1. The third kappa shape index (κ3) is 1.98. The maximum atomic E-state index is 13.0. The average molecular weight is 441 g/mol. The number of epoxide rings is 1. The number of carbonyl (C=O) groups is 2. The first-order chi connectivity index (χ1) is 14.9. The molecule has 9 atom stereocenters. The fourth-order valence-corrected chi connectivity index (χ4v) is 8.86. The predicted octanol–water partition coefficient (Wildman–Crippen LogP) is 3.99. The molecule has 2 unspecified atom stereocenters. The van der Waals surface area contributed by atoms with Crippen LogP contribution < -0.4 is 0 Å². The van der Waals surface area contributed by atoms with E-state index < -0.39 is 40.2 Å². The molecule has 2 aliphatic heterocycles. The first-order valence-corrected chi connectivity index (χ1v) is 11.8. The zero-order valence-electron chi connectivity index (χ0n) is 19.4. The van der Waals surface area contributed by atoms with Crippen LogP contribution in [0.3, 0.4) is 0 Å². The molecule has 3 aliphatic carbocycles. The molecule has 5 aliphatic rings. The topological polar surface area (TPSA) is 89.3 Å². The highest BCUT2D eigenvalue weighted by atomic mass is 16.7. The van der Waals surface area contributed by atoms with Crippen LogP contribution in [0.15, 0.2) is 35.2 Å². The van der Waals surface area contributed by atoms with Crippen molar-refractivity contribution in [1.29, 1.82) is 0 Å². The quantitative estimate of drug-likeness (QED) is 0.525. The Morgan fingerprint density at radius 2 is 1.81 bits per heavy atom. The molecule has 1 spiro atoms. The number of cyclic esters (lactones) is 1. The second kappa shape index (κ2) is 5.76. The summed E-state index contributed by atoms with van der Waals surface area (Å²) in [5.74, 6) is -0.138. The summed E-state index contributed by atoms with van der Waals surface area (Å²) in [4.78, 5) is 25.8. The van der Waals surface area contributed by atoms with E-state index in [2.05, 4.69) is 26.8 Å². The highest BCUT2D eigenvalue weighted by Gasteiger charge is 2.87. The Morgan fingerprint density at radius 3 is 2.50 bits per heavy atom. The van der Waals surface area contributed by atoms with Gasteiger partial charge in [0, 0.05) is 21.8 Å². The van der Waals surface area contributed by atoms with E-state index in [0.717, 1.165) is 18.4 Å². The van der Waals surface area contributed by atoms with Crippen LogP contribution in [-0.2, 0) is 19.1 Å². The van der Waals surface area contributed by atoms with E-state index in [0.29, 0.717) is 6.42 Å². The van der Waals surface area contributed by atoms with Gasteiger partial charge in [-0.15, -0.1) is 0 Å². The van der Waals surface area contributed by atoms with Crippen LogP contribution in [0.25, 0.3) is 0 Å². The number of aliphatic hydroxyl groups is 1. The van der Waals surface area contributed by atoms with Crippen molar-refractivity contribution in [1.82, 2.24) is 0 Å². The fourth-order valence-electron chi connectivity index (χ4n) is 8.86. The molecule has 172 valence electrons. The van der Waals surface area contributed by atoms with Gasteiger partial charge < -0.3 is 19.0 Å². The molecule has 2 saturated carbocycles. The lowest BCUT2D eigenvalue weighted by atomic mass is 9.36. The van der Waals surface area contributed by atoms with Crippen molar-refractivity contribution in [3.05, 3.63) is 36.3 Å². The lowest BCUT2D eigenvalue weighted by Crippen LogP contribution is -2.72. The molecule has 1 N–H and O–H groups in total. The van der Waals surface area contributed by atoms with Crippen molar-refractivity contribution in [2.24, 2.45) is 33.5 Å². The van der Waals surface area contributed by atoms with E-state index in [1.54, 1.807) is 18.6 Å². The van der Waals surface area contributed by atoms with Crippen LogP contribution in [0.4, 0.5) is 0 Å². The zero-order chi connectivity index (χ0) is 22.9. The van der Waals surface area contributed by atoms with E-state index in [-0.39, 0.29) is 29.0 Å². The molecule has 0 aromatic carbocycles. The summed E-state index contributed by atoms with van der Waals surface area (Å²) in [5.41, 5.74) is -1.95. The van der Waals surface area contributed by atoms with Gasteiger partial charge in [-0.2, -0.15) is 0 Å². The van der Waals surface area contributed by atoms with Gasteiger partial charge in [0.25, 0.3) is 0 Å². The van der Waals surface area contributed by atoms with Crippen LogP contribution in [0.2, 0.25) is 0 Å². The number of rotatable bonds is 1. The molecule has 6 rings (SSSR count). The highest BCUT2D eigenvalue weighted by Crippen LogP contribution is 2.79. The number of allylic oxidation sites excluding steroid dienone is 2. The van der Waals surface area contributed by atoms with Crippen molar-refractivity contribution in [2.45, 2.75) is 77.8 Å². The van der Waals surface area contributed by atoms with Gasteiger partial charge in [0.2, 0.25) is 0 Å². The number of hydrogen-bond acceptors (Lipinski definition) is 6. The second-order valence-corrected chi connectivity index (χ2v) is 12.0. The molecule has 6 nitrogen and oxygen atoms in total. The fraction of sp³-hybridized carbons (Fsp3) is 0.692. The molecular formula is C26H32O6. The van der Waals surface area contributed by atoms with E-state index >= 15 is 0 Å². The number of ether oxygens (including phenoxy) is 2. The summed E-state index contributed by atoms with van der Waals surface area (Å²) in [6.07, 6.45) is 7.39. The summed E-state index contributed by atoms with van der Waals surface area (Å²) < 4.78 is 17.6. The Morgan fingerprint density at radius 1 is 1.06 bits per heavy atom. The number of hydrogen-bond donors (Lipinski definition) is 1. The third-order valence-electron chi connectivity index (χ3n) is 10.6. The van der Waals surface area contributed by atoms with Gasteiger partial charge >= 0.3 is 5.97 Å². The van der Waals surface area contributed by atoms with E-state index in [4.69, 9.17) is 13.9 Å². The molecule has 1 aromatic heterocycles. The second-order valence-electron chi connectivity index (χ2n) is 12.0. The van der Waals surface area contributed by atoms with Gasteiger partial charge in [0.1, 0.15) is 11.7 Å². The Labute approximate surface area is 188 Å². The van der Waals surface area contributed by atoms with Crippen LogP contribution >= 0.6 is 0 Å². The van der Waals surface area contributed by atoms with Crippen molar-refractivity contribution in [2.75, 3.05) is 0 Å². The van der Waals surface area contributed by atoms with Crippen molar-refractivity contribution in [3.8, 4) is 0 Å². The first-order valence-electron chi connectivity index (χ1n) is 11.8. The van der Waals surface area contributed by atoms with Gasteiger partial charge in [-0.1, -0.05) is 40.7 Å². The van der Waals surface area contributed by atoms with Gasteiger partial charge in [-0.05, 0) is 48.7 Å². The molecular weight excluding hydrogens is 408 g/mol. The smallest absolute Gasteiger partial charge is 0.339 e. The summed E-state index contributed by atoms with van der Waals surface area (Å²) in [6, 6.07) is 1.85. The van der Waals surface area contributed by atoms with E-state index in [9.17, 15) is 14.7 Å². The van der Waals surface area contributed by atoms with Crippen LogP contribution in [-0.4, -0.2) is 34.7 Å². The third-order valence-corrected chi connectivity index (χ3v) is 10.6. The minimum Gasteiger partial charge on any atom is -0.472 e. The van der Waals surface area contributed by atoms with Crippen molar-refractivity contribution < 1.29 is 28.6 Å². The first kappa shape index (κ1) is 20.7. The Kier molecular flexibility index (Phi) is 3.72. The normalized spacial score (nSPS) is 52.9. The largest absolute Gasteiger partial charge is 0.472 e. The average Bonchev–Trinajstić information content (AvgIpc) is 3.30. The van der Waals surface area contributed by atoms with Crippen LogP contribution in [0, 0.1) is 33.5 Å². The van der Waals surface area contributed by atoms with Crippen LogP contribution in [0.5, 0.6) is 0 Å². The Bertz CT molecular complexity index is 1040. The maximum Gasteiger partial charge on any atom is 0.339 e. The molecule has 2 saturated heterocycles. The molecule has 3 heterocycles. The summed E-state index contributed by atoms with van der Waals surface area (Å²) in [5, 5.41) is 11.8. The highest BCUT2D eigenvalue weighted by molar-refractivity contribution is 5.95. The van der Waals surface area contributed by atoms with Crippen LogP contribution in [0.1, 0.15) is 65.5 Å². The lowest BCUT2D eigenvalue weighted by Gasteiger charge is -2.68. The standard InChI is InChI=1S/C26H32O6/c1-22(2)16-12-18(28)25(5)15(23(16,3)9-7-17(22)27)6-10-24(4)19(14-8-11-30-13-14)31-21(29)20-26(24,25)32-20/h7-9,11,13,15-16,18-20,28H,6,10,12H2,1-5H3/t15?,16?,18-,19+,20-,23-,24+,25+,26-/m1/s1. The number of aliphatic hydroxyl groups excluding tert-OH is 1. The minimum absolute atomic E-state index is 0.0266. The maximum absolute atomic E-state index is 13.0. The molecule has 0 radical (unpaired) electrons. The van der Waals surface area contributed by atoms with Gasteiger partial charge in [0.05, 0.1) is 18.6 Å². The van der Waals surface area contributed by atoms with Gasteiger partial charge in [-0.3, -0.25) is 4.79 Å². The van der Waals surface area contributed by atoms with Gasteiger partial charge in [0.15, 0.2) is 11.9 Å². The van der Waals surface area contributed by atoms with Gasteiger partial charge in [-0.25, -0.2) is 4.79 Å². The molecule has 0 amide bonds. The minimum atomic E-state index is -0.812. The molecule has 1 aromatic rings. The lowest BCUT2D eigenvalue weighted by molar-refractivity contribution is -0.246. The molecule has 6 heteroatoms. The number of carbonyl (C=O) groups excluding carboxylic acids is 2. The molecule has 32 heavy (non-hydrogen) atoms. The number of esters is 1. The number of fused-ring (bicyclic) bond motifs is 3. The summed E-state index contributed by atoms with van der Waals surface area (Å²) in [6.45, 7) is 10.5. The van der Waals surface area contributed by atoms with Crippen molar-refractivity contribution >= 4 is 11.8 Å². The predicted molar refractivity (Wildman–Crippen MR) is 114 cm³/mol. The number of furan rings is 1. The Balaban J connectivity index is 1.52. The molecule has 4 fully saturated rings. The Hall–Kier alpha value is -1.92. The van der Waals surface area contributed by atoms with E-state index in [1.807, 2.05) is 19.9 Å². The zero-order valence-corrected chi connectivity index (χ0v) is 19.4. The monoisotopic (exact) mass is 440 g/mol.